The fourth-order valence-corrected chi connectivity index (χ4v) is 2.48. The highest BCUT2D eigenvalue weighted by atomic mass is 127. The number of carbonyl (C=O) groups is 1. The first kappa shape index (κ1) is 16.4. The van der Waals surface area contributed by atoms with E-state index >= 15 is 0 Å². The average Bonchev–Trinajstić information content (AvgIpc) is 2.12. The lowest BCUT2D eigenvalue weighted by atomic mass is 9.74. The van der Waals surface area contributed by atoms with E-state index in [9.17, 15) is 13.6 Å². The molecule has 108 valence electrons. The van der Waals surface area contributed by atoms with Crippen LogP contribution in [0, 0.1) is 16.7 Å². The number of alkyl halides is 3. The summed E-state index contributed by atoms with van der Waals surface area (Å²) in [5, 5.41) is 9.02. The van der Waals surface area contributed by atoms with Gasteiger partial charge in [-0.25, -0.2) is 13.6 Å². The van der Waals surface area contributed by atoms with Crippen molar-refractivity contribution in [1.82, 2.24) is 4.90 Å². The second-order valence-corrected chi connectivity index (χ2v) is 6.75. The summed E-state index contributed by atoms with van der Waals surface area (Å²) in [7, 11) is 0. The Bertz CT molecular complexity index is 396. The summed E-state index contributed by atoms with van der Waals surface area (Å²) in [5.74, 6) is -3.08. The van der Waals surface area contributed by atoms with Gasteiger partial charge in [-0.1, -0.05) is 22.6 Å². The monoisotopic (exact) mass is 386 g/mol. The molecule has 0 saturated carbocycles. The van der Waals surface area contributed by atoms with Gasteiger partial charge in [0.1, 0.15) is 5.60 Å². The lowest BCUT2D eigenvalue weighted by Gasteiger charge is -2.48. The molecule has 0 spiro atoms. The number of rotatable bonds is 3. The van der Waals surface area contributed by atoms with Crippen molar-refractivity contribution in [2.45, 2.75) is 38.7 Å². The molecule has 0 unspecified atom stereocenters. The third-order valence-corrected chi connectivity index (χ3v) is 3.44. The van der Waals surface area contributed by atoms with Crippen molar-refractivity contribution < 1.29 is 18.3 Å². The molecule has 4 nitrogen and oxygen atoms in total. The predicted octanol–water partition coefficient (Wildman–Crippen LogP) is 3.21. The van der Waals surface area contributed by atoms with Gasteiger partial charge in [0.05, 0.1) is 19.2 Å². The standard InChI is InChI=1S/C12H17F2IN2O2/c1-10(2,3)19-9(18)17-7-11(6-16,8-17)12(13,14)4-5-15/h4-5,7-8H2,1-3H3. The normalized spacial score (nSPS) is 18.5. The SMILES string of the molecule is CC(C)(C)OC(=O)N1CC(C#N)(C(F)(F)CCI)C1. The highest BCUT2D eigenvalue weighted by molar-refractivity contribution is 14.1. The van der Waals surface area contributed by atoms with E-state index in [1.165, 1.54) is 0 Å². The van der Waals surface area contributed by atoms with Gasteiger partial charge in [-0.3, -0.25) is 0 Å². The van der Waals surface area contributed by atoms with Gasteiger partial charge in [-0.15, -0.1) is 0 Å². The van der Waals surface area contributed by atoms with Crippen molar-refractivity contribution in [1.29, 1.82) is 5.26 Å². The van der Waals surface area contributed by atoms with Crippen LogP contribution in [0.5, 0.6) is 0 Å². The van der Waals surface area contributed by atoms with Crippen molar-refractivity contribution in [3.63, 3.8) is 0 Å². The molecule has 1 aliphatic heterocycles. The molecule has 0 aromatic rings. The topological polar surface area (TPSA) is 53.3 Å². The molecule has 1 rings (SSSR count). The Balaban J connectivity index is 2.68. The quantitative estimate of drug-likeness (QED) is 0.553. The highest BCUT2D eigenvalue weighted by Crippen LogP contribution is 2.46. The maximum absolute atomic E-state index is 13.9. The molecule has 1 aliphatic rings. The number of carbonyl (C=O) groups excluding carboxylic acids is 1. The predicted molar refractivity (Wildman–Crippen MR) is 74.3 cm³/mol. The Hall–Kier alpha value is -0.650. The minimum Gasteiger partial charge on any atom is -0.444 e. The minimum atomic E-state index is -3.08. The number of halogens is 3. The molecule has 0 aliphatic carbocycles. The van der Waals surface area contributed by atoms with Crippen molar-refractivity contribution in [2.75, 3.05) is 17.5 Å². The maximum atomic E-state index is 13.9. The molecular weight excluding hydrogens is 369 g/mol. The Morgan fingerprint density at radius 3 is 2.37 bits per heavy atom. The van der Waals surface area contributed by atoms with Crippen LogP contribution in [-0.2, 0) is 4.74 Å². The zero-order chi connectivity index (χ0) is 14.9. The van der Waals surface area contributed by atoms with E-state index < -0.39 is 23.0 Å². The number of ether oxygens (including phenoxy) is 1. The van der Waals surface area contributed by atoms with Gasteiger partial charge >= 0.3 is 6.09 Å². The van der Waals surface area contributed by atoms with E-state index in [2.05, 4.69) is 0 Å². The molecule has 0 N–H and O–H groups in total. The lowest BCUT2D eigenvalue weighted by molar-refractivity contribution is -0.155. The number of amides is 1. The molecule has 0 radical (unpaired) electrons. The molecule has 0 aromatic carbocycles. The summed E-state index contributed by atoms with van der Waals surface area (Å²) in [6.07, 6.45) is -1.01. The third kappa shape index (κ3) is 3.46. The largest absolute Gasteiger partial charge is 0.444 e. The number of hydrogen-bond donors (Lipinski definition) is 0. The number of hydrogen-bond acceptors (Lipinski definition) is 3. The first-order valence-corrected chi connectivity index (χ1v) is 7.42. The second kappa shape index (κ2) is 5.38. The highest BCUT2D eigenvalue weighted by Gasteiger charge is 2.62. The van der Waals surface area contributed by atoms with Crippen molar-refractivity contribution in [3.05, 3.63) is 0 Å². The lowest BCUT2D eigenvalue weighted by Crippen LogP contribution is -2.65. The maximum Gasteiger partial charge on any atom is 0.410 e. The smallest absolute Gasteiger partial charge is 0.410 e. The van der Waals surface area contributed by atoms with Crippen molar-refractivity contribution in [3.8, 4) is 6.07 Å². The van der Waals surface area contributed by atoms with Crippen molar-refractivity contribution in [2.24, 2.45) is 5.41 Å². The zero-order valence-electron chi connectivity index (χ0n) is 11.2. The van der Waals surface area contributed by atoms with Gasteiger partial charge in [0.15, 0.2) is 5.41 Å². The van der Waals surface area contributed by atoms with E-state index in [1.54, 1.807) is 26.8 Å². The fraction of sp³-hybridized carbons (Fsp3) is 0.833. The van der Waals surface area contributed by atoms with Crippen LogP contribution in [0.4, 0.5) is 13.6 Å². The fourth-order valence-electron chi connectivity index (χ4n) is 1.80. The van der Waals surface area contributed by atoms with Crippen LogP contribution in [0.1, 0.15) is 27.2 Å². The van der Waals surface area contributed by atoms with Crippen LogP contribution in [0.25, 0.3) is 0 Å². The van der Waals surface area contributed by atoms with Crippen LogP contribution in [-0.4, -0.2) is 40.0 Å². The summed E-state index contributed by atoms with van der Waals surface area (Å²) in [4.78, 5) is 12.8. The number of likely N-dealkylation sites (tertiary alicyclic amines) is 1. The Labute approximate surface area is 125 Å². The van der Waals surface area contributed by atoms with E-state index in [0.717, 1.165) is 4.90 Å². The van der Waals surface area contributed by atoms with Crippen LogP contribution in [0.2, 0.25) is 0 Å². The van der Waals surface area contributed by atoms with Gasteiger partial charge in [-0.2, -0.15) is 5.26 Å². The van der Waals surface area contributed by atoms with Gasteiger partial charge in [0.25, 0.3) is 5.92 Å². The van der Waals surface area contributed by atoms with Gasteiger partial charge in [0.2, 0.25) is 0 Å². The van der Waals surface area contributed by atoms with Crippen LogP contribution in [0.15, 0.2) is 0 Å². The van der Waals surface area contributed by atoms with Crippen molar-refractivity contribution >= 4 is 28.7 Å². The van der Waals surface area contributed by atoms with Crippen LogP contribution >= 0.6 is 22.6 Å². The van der Waals surface area contributed by atoms with Gasteiger partial charge in [-0.05, 0) is 20.8 Å². The molecule has 1 fully saturated rings. The third-order valence-electron chi connectivity index (χ3n) is 2.90. The zero-order valence-corrected chi connectivity index (χ0v) is 13.3. The first-order chi connectivity index (χ1) is 8.57. The summed E-state index contributed by atoms with van der Waals surface area (Å²) in [5.41, 5.74) is -2.44. The van der Waals surface area contributed by atoms with E-state index in [-0.39, 0.29) is 23.9 Å². The molecular formula is C12H17F2IN2O2. The van der Waals surface area contributed by atoms with Gasteiger partial charge in [0, 0.05) is 10.8 Å². The number of nitrogens with zero attached hydrogens (tertiary/aromatic N) is 2. The molecule has 19 heavy (non-hydrogen) atoms. The van der Waals surface area contributed by atoms with E-state index in [4.69, 9.17) is 10.00 Å². The van der Waals surface area contributed by atoms with E-state index in [0.29, 0.717) is 0 Å². The Morgan fingerprint density at radius 1 is 1.47 bits per heavy atom. The van der Waals surface area contributed by atoms with E-state index in [1.807, 2.05) is 22.6 Å². The van der Waals surface area contributed by atoms with Gasteiger partial charge < -0.3 is 9.64 Å². The molecule has 0 atom stereocenters. The summed E-state index contributed by atoms with van der Waals surface area (Å²) in [6, 6.07) is 1.68. The summed E-state index contributed by atoms with van der Waals surface area (Å²) >= 11 is 1.85. The molecule has 0 aromatic heterocycles. The number of nitriles is 1. The second-order valence-electron chi connectivity index (χ2n) is 5.67. The average molecular weight is 386 g/mol. The molecule has 7 heteroatoms. The molecule has 1 saturated heterocycles. The molecule has 0 bridgehead atoms. The first-order valence-electron chi connectivity index (χ1n) is 5.90. The minimum absolute atomic E-state index is 0.265. The Kier molecular flexibility index (Phi) is 4.65. The molecule has 1 heterocycles. The van der Waals surface area contributed by atoms with Crippen LogP contribution < -0.4 is 0 Å². The summed E-state index contributed by atoms with van der Waals surface area (Å²) in [6.45, 7) is 4.55. The Morgan fingerprint density at radius 2 is 2.00 bits per heavy atom. The van der Waals surface area contributed by atoms with Crippen LogP contribution in [0.3, 0.4) is 0 Å². The summed E-state index contributed by atoms with van der Waals surface area (Å²) < 4.78 is 33.1. The molecule has 1 amide bonds.